The first-order valence-corrected chi connectivity index (χ1v) is 13.3. The van der Waals surface area contributed by atoms with Crippen LogP contribution in [0.5, 0.6) is 0 Å². The minimum Gasteiger partial charge on any atom is -0.354 e. The minimum atomic E-state index is -3.75. The van der Waals surface area contributed by atoms with Crippen LogP contribution in [0.25, 0.3) is 0 Å². The van der Waals surface area contributed by atoms with Gasteiger partial charge in [0.1, 0.15) is 6.04 Å². The Balaban J connectivity index is 1.67. The van der Waals surface area contributed by atoms with Gasteiger partial charge in [-0.25, -0.2) is 8.42 Å². The Kier molecular flexibility index (Phi) is 8.02. The van der Waals surface area contributed by atoms with Gasteiger partial charge in [0.05, 0.1) is 4.90 Å². The summed E-state index contributed by atoms with van der Waals surface area (Å²) in [6, 6.07) is 12.7. The van der Waals surface area contributed by atoms with Gasteiger partial charge < -0.3 is 10.2 Å². The molecule has 1 saturated heterocycles. The maximum Gasteiger partial charge on any atom is 0.261 e. The maximum atomic E-state index is 13.0. The Morgan fingerprint density at radius 1 is 1.03 bits per heavy atom. The maximum absolute atomic E-state index is 13.0. The number of amides is 2. The normalized spacial score (nSPS) is 16.4. The van der Waals surface area contributed by atoms with Crippen molar-refractivity contribution in [3.63, 3.8) is 0 Å². The number of carbonyl (C=O) groups is 2. The fourth-order valence-corrected chi connectivity index (χ4v) is 5.04. The molecular weight excluding hydrogens is 450 g/mol. The first-order valence-electron chi connectivity index (χ1n) is 11.8. The van der Waals surface area contributed by atoms with E-state index in [1.165, 1.54) is 0 Å². The fourth-order valence-electron chi connectivity index (χ4n) is 3.98. The van der Waals surface area contributed by atoms with Crippen molar-refractivity contribution < 1.29 is 18.0 Å². The Bertz CT molecular complexity index is 1100. The van der Waals surface area contributed by atoms with Gasteiger partial charge in [0.25, 0.3) is 15.9 Å². The molecule has 0 radical (unpaired) electrons. The molecule has 0 bridgehead atoms. The van der Waals surface area contributed by atoms with E-state index in [2.05, 4.69) is 37.7 Å². The summed E-state index contributed by atoms with van der Waals surface area (Å²) in [5.74, 6) is -0.332. The van der Waals surface area contributed by atoms with Crippen molar-refractivity contribution >= 4 is 27.5 Å². The molecule has 0 aromatic heterocycles. The Labute approximate surface area is 203 Å². The SMILES string of the molecule is CCCCNC(=O)[C@H]1CCCN1C(=O)c1ccc(NS(=O)(=O)c2ccc(C(C)(C)C)cc2)cc1. The molecule has 0 saturated carbocycles. The summed E-state index contributed by atoms with van der Waals surface area (Å²) in [5, 5.41) is 2.91. The van der Waals surface area contributed by atoms with E-state index >= 15 is 0 Å². The highest BCUT2D eigenvalue weighted by molar-refractivity contribution is 7.92. The third kappa shape index (κ3) is 6.17. The van der Waals surface area contributed by atoms with Crippen molar-refractivity contribution in [1.29, 1.82) is 0 Å². The van der Waals surface area contributed by atoms with Gasteiger partial charge in [-0.05, 0) is 66.6 Å². The van der Waals surface area contributed by atoms with Gasteiger partial charge in [-0.3, -0.25) is 14.3 Å². The highest BCUT2D eigenvalue weighted by atomic mass is 32.2. The molecule has 3 rings (SSSR count). The average Bonchev–Trinajstić information content (AvgIpc) is 3.28. The van der Waals surface area contributed by atoms with E-state index in [9.17, 15) is 18.0 Å². The minimum absolute atomic E-state index is 0.0668. The average molecular weight is 486 g/mol. The summed E-state index contributed by atoms with van der Waals surface area (Å²) in [6.45, 7) is 9.41. The van der Waals surface area contributed by atoms with Gasteiger partial charge in [-0.1, -0.05) is 46.2 Å². The molecule has 0 spiro atoms. The number of hydrogen-bond donors (Lipinski definition) is 2. The summed E-state index contributed by atoms with van der Waals surface area (Å²) in [5.41, 5.74) is 1.77. The molecule has 2 aromatic rings. The van der Waals surface area contributed by atoms with Gasteiger partial charge in [-0.15, -0.1) is 0 Å². The summed E-state index contributed by atoms with van der Waals surface area (Å²) >= 11 is 0. The number of sulfonamides is 1. The van der Waals surface area contributed by atoms with Gasteiger partial charge in [0, 0.05) is 24.3 Å². The van der Waals surface area contributed by atoms with Gasteiger partial charge in [0.15, 0.2) is 0 Å². The van der Waals surface area contributed by atoms with E-state index in [-0.39, 0.29) is 22.1 Å². The lowest BCUT2D eigenvalue weighted by atomic mass is 9.87. The van der Waals surface area contributed by atoms with E-state index < -0.39 is 16.1 Å². The van der Waals surface area contributed by atoms with Gasteiger partial charge >= 0.3 is 0 Å². The number of nitrogens with one attached hydrogen (secondary N) is 2. The van der Waals surface area contributed by atoms with Crippen LogP contribution >= 0.6 is 0 Å². The number of nitrogens with zero attached hydrogens (tertiary/aromatic N) is 1. The second-order valence-electron chi connectivity index (χ2n) is 9.76. The van der Waals surface area contributed by atoms with Crippen LogP contribution in [0.3, 0.4) is 0 Å². The van der Waals surface area contributed by atoms with E-state index in [0.717, 1.165) is 24.8 Å². The zero-order valence-corrected chi connectivity index (χ0v) is 21.2. The summed E-state index contributed by atoms with van der Waals surface area (Å²) in [4.78, 5) is 27.3. The van der Waals surface area contributed by atoms with Crippen molar-refractivity contribution in [2.75, 3.05) is 17.8 Å². The van der Waals surface area contributed by atoms with Crippen LogP contribution in [-0.2, 0) is 20.2 Å². The van der Waals surface area contributed by atoms with Crippen LogP contribution in [0.15, 0.2) is 53.4 Å². The molecule has 1 heterocycles. The molecule has 1 aliphatic rings. The number of likely N-dealkylation sites (tertiary alicyclic amines) is 1. The predicted molar refractivity (Wildman–Crippen MR) is 134 cm³/mol. The van der Waals surface area contributed by atoms with Crippen LogP contribution in [0, 0.1) is 0 Å². The molecule has 1 fully saturated rings. The lowest BCUT2D eigenvalue weighted by molar-refractivity contribution is -0.124. The lowest BCUT2D eigenvalue weighted by Crippen LogP contribution is -2.46. The third-order valence-electron chi connectivity index (χ3n) is 6.06. The van der Waals surface area contributed by atoms with Crippen molar-refractivity contribution in [1.82, 2.24) is 10.2 Å². The number of benzene rings is 2. The van der Waals surface area contributed by atoms with Crippen molar-refractivity contribution in [2.45, 2.75) is 69.7 Å². The number of rotatable bonds is 8. The quantitative estimate of drug-likeness (QED) is 0.545. The van der Waals surface area contributed by atoms with E-state index in [0.29, 0.717) is 30.8 Å². The molecule has 184 valence electrons. The summed E-state index contributed by atoms with van der Waals surface area (Å²) < 4.78 is 28.1. The molecule has 7 nitrogen and oxygen atoms in total. The van der Waals surface area contributed by atoms with Crippen molar-refractivity contribution in [3.8, 4) is 0 Å². The van der Waals surface area contributed by atoms with Crippen LogP contribution in [0.1, 0.15) is 69.3 Å². The second kappa shape index (κ2) is 10.6. The van der Waals surface area contributed by atoms with E-state index in [1.54, 1.807) is 41.3 Å². The molecule has 0 unspecified atom stereocenters. The molecule has 1 atom stereocenters. The molecule has 2 N–H and O–H groups in total. The Morgan fingerprint density at radius 3 is 2.26 bits per heavy atom. The van der Waals surface area contributed by atoms with Gasteiger partial charge in [-0.2, -0.15) is 0 Å². The van der Waals surface area contributed by atoms with Crippen LogP contribution in [-0.4, -0.2) is 44.3 Å². The highest BCUT2D eigenvalue weighted by Crippen LogP contribution is 2.25. The first-order chi connectivity index (χ1) is 16.0. The lowest BCUT2D eigenvalue weighted by Gasteiger charge is -2.24. The van der Waals surface area contributed by atoms with Crippen LogP contribution in [0.4, 0.5) is 5.69 Å². The van der Waals surface area contributed by atoms with E-state index in [4.69, 9.17) is 0 Å². The molecular formula is C26H35N3O4S. The summed E-state index contributed by atoms with van der Waals surface area (Å²) in [6.07, 6.45) is 3.33. The third-order valence-corrected chi connectivity index (χ3v) is 7.46. The predicted octanol–water partition coefficient (Wildman–Crippen LogP) is 4.31. The zero-order chi connectivity index (χ0) is 24.9. The van der Waals surface area contributed by atoms with Gasteiger partial charge in [0.2, 0.25) is 5.91 Å². The largest absolute Gasteiger partial charge is 0.354 e. The second-order valence-corrected chi connectivity index (χ2v) is 11.4. The first kappa shape index (κ1) is 25.7. The topological polar surface area (TPSA) is 95.6 Å². The molecule has 34 heavy (non-hydrogen) atoms. The monoisotopic (exact) mass is 485 g/mol. The summed E-state index contributed by atoms with van der Waals surface area (Å²) in [7, 11) is -3.75. The van der Waals surface area contributed by atoms with Crippen LogP contribution in [0.2, 0.25) is 0 Å². The van der Waals surface area contributed by atoms with E-state index in [1.807, 2.05) is 12.1 Å². The number of carbonyl (C=O) groups excluding carboxylic acids is 2. The van der Waals surface area contributed by atoms with Crippen LogP contribution < -0.4 is 10.0 Å². The molecule has 0 aliphatic carbocycles. The van der Waals surface area contributed by atoms with Crippen molar-refractivity contribution in [2.24, 2.45) is 0 Å². The molecule has 8 heteroatoms. The number of unbranched alkanes of at least 4 members (excludes halogenated alkanes) is 1. The Morgan fingerprint density at radius 2 is 1.68 bits per heavy atom. The number of anilines is 1. The Hall–Kier alpha value is -2.87. The fraction of sp³-hybridized carbons (Fsp3) is 0.462. The molecule has 2 amide bonds. The molecule has 1 aliphatic heterocycles. The van der Waals surface area contributed by atoms with Crippen molar-refractivity contribution in [3.05, 3.63) is 59.7 Å². The smallest absolute Gasteiger partial charge is 0.261 e. The molecule has 2 aromatic carbocycles. The number of hydrogen-bond acceptors (Lipinski definition) is 4. The highest BCUT2D eigenvalue weighted by Gasteiger charge is 2.34. The zero-order valence-electron chi connectivity index (χ0n) is 20.4. The standard InChI is InChI=1S/C26H35N3O4S/c1-5-6-17-27-24(30)23-8-7-18-29(23)25(31)19-9-13-21(14-10-19)28-34(32,33)22-15-11-20(12-16-22)26(2,3)4/h9-16,23,28H,5-8,17-18H2,1-4H3,(H,27,30)/t23-/m1/s1.